The minimum atomic E-state index is -3.62. The van der Waals surface area contributed by atoms with E-state index in [1.54, 1.807) is 0 Å². The summed E-state index contributed by atoms with van der Waals surface area (Å²) in [4.78, 5) is 12.2. The Labute approximate surface area is 171 Å². The van der Waals surface area contributed by atoms with Crippen LogP contribution in [0, 0.1) is 13.8 Å². The van der Waals surface area contributed by atoms with E-state index in [4.69, 9.17) is 16.3 Å². The second kappa shape index (κ2) is 9.91. The fourth-order valence-electron chi connectivity index (χ4n) is 2.45. The third-order valence-corrected chi connectivity index (χ3v) is 6.03. The van der Waals surface area contributed by atoms with Crippen LogP contribution in [0.5, 0.6) is 5.75 Å². The Morgan fingerprint density at radius 1 is 1.18 bits per heavy atom. The number of hydrogen-bond donors (Lipinski definition) is 2. The predicted octanol–water partition coefficient (Wildman–Crippen LogP) is 4.05. The van der Waals surface area contributed by atoms with Crippen LogP contribution < -0.4 is 14.8 Å². The van der Waals surface area contributed by atoms with E-state index in [1.165, 1.54) is 18.2 Å². The second-order valence-corrected chi connectivity index (χ2v) is 8.60. The number of halogens is 1. The number of carbonyl (C=O) groups excluding carboxylic acids is 1. The Balaban J connectivity index is 1.99. The van der Waals surface area contributed by atoms with Crippen LogP contribution in [-0.4, -0.2) is 27.5 Å². The first-order valence-electron chi connectivity index (χ1n) is 9.02. The minimum Gasteiger partial charge on any atom is -0.482 e. The topological polar surface area (TPSA) is 84.5 Å². The summed E-state index contributed by atoms with van der Waals surface area (Å²) in [6, 6.07) is 9.81. The molecular weight excluding hydrogens is 400 g/mol. The van der Waals surface area contributed by atoms with Gasteiger partial charge >= 0.3 is 0 Å². The van der Waals surface area contributed by atoms with Crippen LogP contribution >= 0.6 is 11.6 Å². The summed E-state index contributed by atoms with van der Waals surface area (Å²) < 4.78 is 32.4. The zero-order chi connectivity index (χ0) is 20.7. The van der Waals surface area contributed by atoms with Crippen LogP contribution in [0.2, 0.25) is 5.02 Å². The van der Waals surface area contributed by atoms with E-state index in [9.17, 15) is 13.2 Å². The lowest BCUT2D eigenvalue weighted by molar-refractivity contribution is -0.118. The normalized spacial score (nSPS) is 11.3. The molecule has 2 N–H and O–H groups in total. The van der Waals surface area contributed by atoms with Gasteiger partial charge in [-0.3, -0.25) is 4.79 Å². The van der Waals surface area contributed by atoms with Crippen molar-refractivity contribution < 1.29 is 17.9 Å². The standard InChI is InChI=1S/C20H25ClN2O4S/c1-4-5-11-22-28(25,26)16-9-10-19(17(21)12-16)27-13-20(24)23-18-8-6-7-14(2)15(18)3/h6-10,12,22H,4-5,11,13H2,1-3H3,(H,23,24). The maximum atomic E-state index is 12.2. The Bertz CT molecular complexity index is 945. The van der Waals surface area contributed by atoms with Crippen LogP contribution in [0.4, 0.5) is 5.69 Å². The van der Waals surface area contributed by atoms with Crippen molar-refractivity contribution in [1.29, 1.82) is 0 Å². The van der Waals surface area contributed by atoms with Crippen LogP contribution in [0.25, 0.3) is 0 Å². The maximum absolute atomic E-state index is 12.2. The third kappa shape index (κ3) is 5.95. The summed E-state index contributed by atoms with van der Waals surface area (Å²) in [6.45, 7) is 6.00. The number of rotatable bonds is 9. The largest absolute Gasteiger partial charge is 0.482 e. The van der Waals surface area contributed by atoms with Crippen molar-refractivity contribution in [3.05, 3.63) is 52.5 Å². The van der Waals surface area contributed by atoms with Crippen LogP contribution in [0.15, 0.2) is 41.3 Å². The number of aryl methyl sites for hydroxylation is 1. The molecule has 0 heterocycles. The van der Waals surface area contributed by atoms with Crippen LogP contribution in [0.3, 0.4) is 0 Å². The number of benzene rings is 2. The lowest BCUT2D eigenvalue weighted by Crippen LogP contribution is -2.24. The molecule has 0 aliphatic carbocycles. The molecule has 8 heteroatoms. The lowest BCUT2D eigenvalue weighted by Gasteiger charge is -2.12. The molecule has 0 bridgehead atoms. The van der Waals surface area contributed by atoms with E-state index in [1.807, 2.05) is 39.0 Å². The summed E-state index contributed by atoms with van der Waals surface area (Å²) in [6.07, 6.45) is 1.64. The smallest absolute Gasteiger partial charge is 0.262 e. The van der Waals surface area contributed by atoms with Gasteiger partial charge in [0, 0.05) is 12.2 Å². The number of unbranched alkanes of at least 4 members (excludes halogenated alkanes) is 1. The summed E-state index contributed by atoms with van der Waals surface area (Å²) in [5, 5.41) is 2.92. The molecule has 0 saturated heterocycles. The van der Waals surface area contributed by atoms with Gasteiger partial charge in [0.1, 0.15) is 5.75 Å². The Morgan fingerprint density at radius 2 is 1.93 bits per heavy atom. The van der Waals surface area contributed by atoms with Gasteiger partial charge in [-0.25, -0.2) is 13.1 Å². The van der Waals surface area contributed by atoms with Crippen LogP contribution in [0.1, 0.15) is 30.9 Å². The number of carbonyl (C=O) groups is 1. The highest BCUT2D eigenvalue weighted by atomic mass is 35.5. The molecule has 0 unspecified atom stereocenters. The van der Waals surface area contributed by atoms with E-state index >= 15 is 0 Å². The van der Waals surface area contributed by atoms with Crippen molar-refractivity contribution >= 4 is 33.2 Å². The number of ether oxygens (including phenoxy) is 1. The monoisotopic (exact) mass is 424 g/mol. The average Bonchev–Trinajstić information content (AvgIpc) is 2.64. The number of amides is 1. The Hall–Kier alpha value is -2.09. The number of sulfonamides is 1. The first kappa shape index (κ1) is 22.2. The summed E-state index contributed by atoms with van der Waals surface area (Å²) >= 11 is 6.14. The van der Waals surface area contributed by atoms with Crippen LogP contribution in [-0.2, 0) is 14.8 Å². The van der Waals surface area contributed by atoms with Gasteiger partial charge in [-0.05, 0) is 55.7 Å². The van der Waals surface area contributed by atoms with Gasteiger partial charge in [-0.15, -0.1) is 0 Å². The first-order valence-corrected chi connectivity index (χ1v) is 10.9. The first-order chi connectivity index (χ1) is 13.2. The fourth-order valence-corrected chi connectivity index (χ4v) is 3.85. The molecule has 0 aliphatic heterocycles. The van der Waals surface area contributed by atoms with Gasteiger partial charge in [0.2, 0.25) is 10.0 Å². The van der Waals surface area contributed by atoms with Crippen molar-refractivity contribution in [2.75, 3.05) is 18.5 Å². The van der Waals surface area contributed by atoms with Crippen molar-refractivity contribution in [2.24, 2.45) is 0 Å². The van der Waals surface area contributed by atoms with Gasteiger partial charge in [0.25, 0.3) is 5.91 Å². The van der Waals surface area contributed by atoms with E-state index in [0.717, 1.165) is 29.7 Å². The fraction of sp³-hybridized carbons (Fsp3) is 0.350. The average molecular weight is 425 g/mol. The van der Waals surface area contributed by atoms with E-state index in [2.05, 4.69) is 10.0 Å². The molecule has 0 aromatic heterocycles. The van der Waals surface area contributed by atoms with E-state index < -0.39 is 10.0 Å². The van der Waals surface area contributed by atoms with E-state index in [-0.39, 0.29) is 28.2 Å². The molecule has 2 aromatic rings. The summed E-state index contributed by atoms with van der Waals surface area (Å²) in [7, 11) is -3.62. The third-order valence-electron chi connectivity index (χ3n) is 4.27. The quantitative estimate of drug-likeness (QED) is 0.594. The van der Waals surface area contributed by atoms with E-state index in [0.29, 0.717) is 6.54 Å². The molecule has 0 aliphatic rings. The molecule has 0 atom stereocenters. The predicted molar refractivity (Wildman–Crippen MR) is 112 cm³/mol. The molecule has 2 aromatic carbocycles. The zero-order valence-electron chi connectivity index (χ0n) is 16.2. The number of nitrogens with one attached hydrogen (secondary N) is 2. The molecule has 0 radical (unpaired) electrons. The molecule has 2 rings (SSSR count). The SMILES string of the molecule is CCCCNS(=O)(=O)c1ccc(OCC(=O)Nc2cccc(C)c2C)c(Cl)c1. The maximum Gasteiger partial charge on any atom is 0.262 e. The van der Waals surface area contributed by atoms with Crippen molar-refractivity contribution in [3.63, 3.8) is 0 Å². The highest BCUT2D eigenvalue weighted by Gasteiger charge is 2.16. The molecule has 0 fully saturated rings. The molecule has 1 amide bonds. The summed E-state index contributed by atoms with van der Waals surface area (Å²) in [5.74, 6) is -0.0898. The van der Waals surface area contributed by atoms with Gasteiger partial charge in [-0.2, -0.15) is 0 Å². The Morgan fingerprint density at radius 3 is 2.61 bits per heavy atom. The highest BCUT2D eigenvalue weighted by molar-refractivity contribution is 7.89. The molecule has 152 valence electrons. The molecule has 0 saturated carbocycles. The molecule has 0 spiro atoms. The van der Waals surface area contributed by atoms with Gasteiger partial charge in [0.05, 0.1) is 9.92 Å². The molecule has 6 nitrogen and oxygen atoms in total. The lowest BCUT2D eigenvalue weighted by atomic mass is 10.1. The Kier molecular flexibility index (Phi) is 7.86. The molecule has 28 heavy (non-hydrogen) atoms. The zero-order valence-corrected chi connectivity index (χ0v) is 17.8. The van der Waals surface area contributed by atoms with Crippen molar-refractivity contribution in [3.8, 4) is 5.75 Å². The minimum absolute atomic E-state index is 0.0563. The summed E-state index contributed by atoms with van der Waals surface area (Å²) in [5.41, 5.74) is 2.78. The second-order valence-electron chi connectivity index (χ2n) is 6.43. The van der Waals surface area contributed by atoms with Gasteiger partial charge in [0.15, 0.2) is 6.61 Å². The number of anilines is 1. The van der Waals surface area contributed by atoms with Gasteiger partial charge in [-0.1, -0.05) is 37.1 Å². The number of hydrogen-bond acceptors (Lipinski definition) is 4. The highest BCUT2D eigenvalue weighted by Crippen LogP contribution is 2.27. The van der Waals surface area contributed by atoms with Gasteiger partial charge < -0.3 is 10.1 Å². The van der Waals surface area contributed by atoms with Crippen molar-refractivity contribution in [2.45, 2.75) is 38.5 Å². The molecular formula is C20H25ClN2O4S. The van der Waals surface area contributed by atoms with Crippen molar-refractivity contribution in [1.82, 2.24) is 4.72 Å².